The monoisotopic (exact) mass is 269 g/mol. The summed E-state index contributed by atoms with van der Waals surface area (Å²) in [4.78, 5) is 11.9. The van der Waals surface area contributed by atoms with E-state index in [2.05, 4.69) is 4.74 Å². The van der Waals surface area contributed by atoms with Crippen molar-refractivity contribution in [3.63, 3.8) is 0 Å². The second-order valence-electron chi connectivity index (χ2n) is 3.49. The number of ether oxygens (including phenoxy) is 1. The number of benzene rings is 1. The molecule has 0 atom stereocenters. The van der Waals surface area contributed by atoms with Crippen molar-refractivity contribution in [3.8, 4) is 10.4 Å². The van der Waals surface area contributed by atoms with E-state index in [-0.39, 0.29) is 16.1 Å². The van der Waals surface area contributed by atoms with Crippen molar-refractivity contribution < 1.29 is 18.3 Å². The topological polar surface area (TPSA) is 52.3 Å². The minimum atomic E-state index is -0.963. The molecule has 18 heavy (non-hydrogen) atoms. The van der Waals surface area contributed by atoms with Gasteiger partial charge in [0, 0.05) is 10.4 Å². The summed E-state index contributed by atoms with van der Waals surface area (Å²) >= 11 is 0.962. The molecule has 0 fully saturated rings. The zero-order chi connectivity index (χ0) is 13.3. The Bertz CT molecular complexity index is 610. The van der Waals surface area contributed by atoms with Crippen molar-refractivity contribution in [2.45, 2.75) is 0 Å². The van der Waals surface area contributed by atoms with Crippen LogP contribution in [0.2, 0.25) is 0 Å². The van der Waals surface area contributed by atoms with Gasteiger partial charge < -0.3 is 10.5 Å². The Morgan fingerprint density at radius 2 is 2.11 bits per heavy atom. The molecule has 1 heterocycles. The van der Waals surface area contributed by atoms with E-state index in [1.54, 1.807) is 0 Å². The quantitative estimate of drug-likeness (QED) is 0.852. The summed E-state index contributed by atoms with van der Waals surface area (Å²) < 4.78 is 31.2. The molecule has 1 aromatic heterocycles. The minimum Gasteiger partial charge on any atom is -0.465 e. The Balaban J connectivity index is 2.53. The molecular formula is C12H9F2NO2S. The van der Waals surface area contributed by atoms with Crippen LogP contribution in [0, 0.1) is 11.6 Å². The third-order valence-electron chi connectivity index (χ3n) is 2.35. The van der Waals surface area contributed by atoms with Crippen molar-refractivity contribution in [3.05, 3.63) is 40.8 Å². The second kappa shape index (κ2) is 4.73. The predicted molar refractivity (Wildman–Crippen MR) is 65.4 cm³/mol. The van der Waals surface area contributed by atoms with Crippen LogP contribution in [-0.4, -0.2) is 13.1 Å². The summed E-state index contributed by atoms with van der Waals surface area (Å²) in [5, 5.41) is 0. The lowest BCUT2D eigenvalue weighted by Gasteiger charge is -2.00. The third-order valence-corrected chi connectivity index (χ3v) is 3.51. The van der Waals surface area contributed by atoms with Crippen LogP contribution >= 0.6 is 11.3 Å². The first kappa shape index (κ1) is 12.5. The third kappa shape index (κ3) is 2.06. The number of thiophene rings is 1. The Labute approximate surface area is 106 Å². The Morgan fingerprint density at radius 3 is 2.78 bits per heavy atom. The number of nitrogens with two attached hydrogens (primary N) is 1. The molecule has 0 bridgehead atoms. The van der Waals surface area contributed by atoms with Crippen LogP contribution in [-0.2, 0) is 4.74 Å². The normalized spacial score (nSPS) is 10.4. The Hall–Kier alpha value is -1.95. The number of methoxy groups -OCH3 is 1. The standard InChI is InChI=1S/C12H9F2NO2S/c1-17-12(16)11-8(15)5-9(18-11)6-3-2-4-7(13)10(6)14/h2-5H,15H2,1H3. The molecule has 0 spiro atoms. The van der Waals surface area contributed by atoms with Gasteiger partial charge in [0.25, 0.3) is 0 Å². The van der Waals surface area contributed by atoms with E-state index in [0.717, 1.165) is 17.4 Å². The lowest BCUT2D eigenvalue weighted by molar-refractivity contribution is 0.0607. The van der Waals surface area contributed by atoms with Gasteiger partial charge in [-0.05, 0) is 12.1 Å². The molecule has 1 aromatic carbocycles. The number of halogens is 2. The zero-order valence-electron chi connectivity index (χ0n) is 9.37. The van der Waals surface area contributed by atoms with E-state index >= 15 is 0 Å². The largest absolute Gasteiger partial charge is 0.465 e. The van der Waals surface area contributed by atoms with E-state index in [0.29, 0.717) is 4.88 Å². The van der Waals surface area contributed by atoms with E-state index in [9.17, 15) is 13.6 Å². The summed E-state index contributed by atoms with van der Waals surface area (Å²) in [5.41, 5.74) is 5.89. The smallest absolute Gasteiger partial charge is 0.350 e. The van der Waals surface area contributed by atoms with Gasteiger partial charge in [0.05, 0.1) is 12.8 Å². The summed E-state index contributed by atoms with van der Waals surface area (Å²) in [6.07, 6.45) is 0. The molecule has 6 heteroatoms. The summed E-state index contributed by atoms with van der Waals surface area (Å²) in [6, 6.07) is 5.26. The maximum atomic E-state index is 13.6. The Kier molecular flexibility index (Phi) is 3.29. The summed E-state index contributed by atoms with van der Waals surface area (Å²) in [7, 11) is 1.23. The molecule has 0 saturated heterocycles. The number of anilines is 1. The van der Waals surface area contributed by atoms with Crippen molar-refractivity contribution in [1.29, 1.82) is 0 Å². The molecule has 2 N–H and O–H groups in total. The molecule has 2 aromatic rings. The van der Waals surface area contributed by atoms with Crippen LogP contribution in [0.25, 0.3) is 10.4 Å². The molecule has 0 radical (unpaired) electrons. The number of esters is 1. The van der Waals surface area contributed by atoms with E-state index in [1.807, 2.05) is 0 Å². The van der Waals surface area contributed by atoms with Gasteiger partial charge in [-0.25, -0.2) is 13.6 Å². The van der Waals surface area contributed by atoms with E-state index in [1.165, 1.54) is 25.3 Å². The second-order valence-corrected chi connectivity index (χ2v) is 4.54. The zero-order valence-corrected chi connectivity index (χ0v) is 10.2. The van der Waals surface area contributed by atoms with Gasteiger partial charge in [0.2, 0.25) is 0 Å². The molecule has 0 unspecified atom stereocenters. The van der Waals surface area contributed by atoms with Crippen LogP contribution in [0.4, 0.5) is 14.5 Å². The highest BCUT2D eigenvalue weighted by Crippen LogP contribution is 2.35. The molecule has 0 aliphatic rings. The summed E-state index contributed by atoms with van der Waals surface area (Å²) in [6.45, 7) is 0. The van der Waals surface area contributed by atoms with Crippen LogP contribution in [0.15, 0.2) is 24.3 Å². The number of hydrogen-bond donors (Lipinski definition) is 1. The van der Waals surface area contributed by atoms with Gasteiger partial charge in [-0.1, -0.05) is 12.1 Å². The maximum absolute atomic E-state index is 13.6. The minimum absolute atomic E-state index is 0.0712. The number of carbonyl (C=O) groups is 1. The molecule has 2 rings (SSSR count). The van der Waals surface area contributed by atoms with Gasteiger partial charge in [-0.3, -0.25) is 0 Å². The highest BCUT2D eigenvalue weighted by Gasteiger charge is 2.18. The first-order valence-electron chi connectivity index (χ1n) is 4.96. The number of rotatable bonds is 2. The lowest BCUT2D eigenvalue weighted by atomic mass is 10.1. The lowest BCUT2D eigenvalue weighted by Crippen LogP contribution is -2.00. The molecule has 94 valence electrons. The molecule has 3 nitrogen and oxygen atoms in total. The molecular weight excluding hydrogens is 260 g/mol. The molecule has 0 saturated carbocycles. The van der Waals surface area contributed by atoms with Crippen LogP contribution in [0.3, 0.4) is 0 Å². The van der Waals surface area contributed by atoms with E-state index in [4.69, 9.17) is 5.73 Å². The van der Waals surface area contributed by atoms with Crippen LogP contribution in [0.1, 0.15) is 9.67 Å². The van der Waals surface area contributed by atoms with Gasteiger partial charge in [0.15, 0.2) is 11.6 Å². The fraction of sp³-hybridized carbons (Fsp3) is 0.0833. The fourth-order valence-corrected chi connectivity index (χ4v) is 2.50. The highest BCUT2D eigenvalue weighted by atomic mass is 32.1. The summed E-state index contributed by atoms with van der Waals surface area (Å²) in [5.74, 6) is -2.50. The fourth-order valence-electron chi connectivity index (χ4n) is 1.48. The van der Waals surface area contributed by atoms with Gasteiger partial charge in [0.1, 0.15) is 4.88 Å². The van der Waals surface area contributed by atoms with Crippen molar-refractivity contribution in [2.24, 2.45) is 0 Å². The van der Waals surface area contributed by atoms with Crippen LogP contribution in [0.5, 0.6) is 0 Å². The highest BCUT2D eigenvalue weighted by molar-refractivity contribution is 7.18. The molecule has 0 amide bonds. The van der Waals surface area contributed by atoms with Crippen LogP contribution < -0.4 is 5.73 Å². The predicted octanol–water partition coefficient (Wildman–Crippen LogP) is 3.06. The number of hydrogen-bond acceptors (Lipinski definition) is 4. The SMILES string of the molecule is COC(=O)c1sc(-c2cccc(F)c2F)cc1N. The van der Waals surface area contributed by atoms with Gasteiger partial charge >= 0.3 is 5.97 Å². The van der Waals surface area contributed by atoms with Gasteiger partial charge in [-0.2, -0.15) is 0 Å². The number of carbonyl (C=O) groups excluding carboxylic acids is 1. The Morgan fingerprint density at radius 1 is 1.39 bits per heavy atom. The first-order valence-corrected chi connectivity index (χ1v) is 5.78. The molecule has 0 aliphatic carbocycles. The van der Waals surface area contributed by atoms with Crippen molar-refractivity contribution in [2.75, 3.05) is 12.8 Å². The van der Waals surface area contributed by atoms with E-state index < -0.39 is 17.6 Å². The average molecular weight is 269 g/mol. The van der Waals surface area contributed by atoms with Crippen molar-refractivity contribution >= 4 is 23.0 Å². The maximum Gasteiger partial charge on any atom is 0.350 e. The average Bonchev–Trinajstić information content (AvgIpc) is 2.73. The molecule has 0 aliphatic heterocycles. The number of nitrogen functional groups attached to an aromatic ring is 1. The van der Waals surface area contributed by atoms with Crippen molar-refractivity contribution in [1.82, 2.24) is 0 Å². The first-order chi connectivity index (χ1) is 8.54. The van der Waals surface area contributed by atoms with Gasteiger partial charge in [-0.15, -0.1) is 11.3 Å².